The number of hydrogen-bond acceptors (Lipinski definition) is 4. The number of aromatic nitrogens is 3. The van der Waals surface area contributed by atoms with Gasteiger partial charge >= 0.3 is 0 Å². The molecule has 28 heavy (non-hydrogen) atoms. The van der Waals surface area contributed by atoms with E-state index >= 15 is 0 Å². The average Bonchev–Trinajstić information content (AvgIpc) is 3.40. The molecular formula is C21H21FN4OS. The van der Waals surface area contributed by atoms with Crippen LogP contribution in [0.3, 0.4) is 0 Å². The van der Waals surface area contributed by atoms with Crippen molar-refractivity contribution in [3.05, 3.63) is 71.8 Å². The van der Waals surface area contributed by atoms with Gasteiger partial charge in [-0.25, -0.2) is 9.37 Å². The topological polar surface area (TPSA) is 70.7 Å². The molecule has 0 spiro atoms. The summed E-state index contributed by atoms with van der Waals surface area (Å²) in [6, 6.07) is 15.3. The highest BCUT2D eigenvalue weighted by Crippen LogP contribution is 2.37. The molecule has 1 fully saturated rings. The third-order valence-electron chi connectivity index (χ3n) is 4.90. The van der Waals surface area contributed by atoms with E-state index in [0.717, 1.165) is 24.2 Å². The van der Waals surface area contributed by atoms with Crippen LogP contribution >= 0.6 is 11.8 Å². The van der Waals surface area contributed by atoms with Crippen molar-refractivity contribution in [2.45, 2.75) is 42.0 Å². The summed E-state index contributed by atoms with van der Waals surface area (Å²) in [5, 5.41) is 10.3. The number of H-pyrrole nitrogens is 1. The average molecular weight is 396 g/mol. The van der Waals surface area contributed by atoms with Crippen LogP contribution in [0.1, 0.15) is 48.2 Å². The molecule has 1 atom stereocenters. The maximum Gasteiger partial charge on any atom is 0.242 e. The quantitative estimate of drug-likeness (QED) is 0.571. The van der Waals surface area contributed by atoms with Gasteiger partial charge in [0, 0.05) is 11.6 Å². The number of rotatable bonds is 6. The van der Waals surface area contributed by atoms with Gasteiger partial charge in [-0.1, -0.05) is 54.9 Å². The molecule has 1 amide bonds. The maximum atomic E-state index is 13.1. The molecular weight excluding hydrogens is 375 g/mol. The molecule has 5 nitrogen and oxygen atoms in total. The van der Waals surface area contributed by atoms with E-state index in [1.165, 1.54) is 36.7 Å². The first-order chi connectivity index (χ1) is 13.7. The van der Waals surface area contributed by atoms with E-state index in [2.05, 4.69) is 20.5 Å². The number of aromatic amines is 1. The second-order valence-corrected chi connectivity index (χ2v) is 7.96. The lowest BCUT2D eigenvalue weighted by atomic mass is 10.1. The summed E-state index contributed by atoms with van der Waals surface area (Å²) in [7, 11) is 0. The number of carbonyl (C=O) groups is 1. The van der Waals surface area contributed by atoms with E-state index in [4.69, 9.17) is 0 Å². The van der Waals surface area contributed by atoms with Gasteiger partial charge in [-0.3, -0.25) is 9.89 Å². The molecule has 2 N–H and O–H groups in total. The Morgan fingerprint density at radius 1 is 1.11 bits per heavy atom. The number of benzene rings is 2. The highest BCUT2D eigenvalue weighted by Gasteiger charge is 2.26. The van der Waals surface area contributed by atoms with Gasteiger partial charge in [-0.15, -0.1) is 5.10 Å². The van der Waals surface area contributed by atoms with Crippen molar-refractivity contribution in [3.8, 4) is 0 Å². The summed E-state index contributed by atoms with van der Waals surface area (Å²) in [4.78, 5) is 17.6. The molecule has 2 aromatic carbocycles. The van der Waals surface area contributed by atoms with Crippen LogP contribution in [0.15, 0.2) is 59.8 Å². The molecule has 1 saturated carbocycles. The van der Waals surface area contributed by atoms with Crippen LogP contribution in [0.4, 0.5) is 10.1 Å². The summed E-state index contributed by atoms with van der Waals surface area (Å²) in [6.07, 6.45) is 4.71. The summed E-state index contributed by atoms with van der Waals surface area (Å²) >= 11 is 1.31. The molecule has 0 aliphatic heterocycles. The third kappa shape index (κ3) is 4.42. The monoisotopic (exact) mass is 396 g/mol. The summed E-state index contributed by atoms with van der Waals surface area (Å²) in [6.45, 7) is 0. The lowest BCUT2D eigenvalue weighted by Gasteiger charge is -2.15. The molecule has 144 valence electrons. The SMILES string of the molecule is O=C(Nc1ccc(F)cc1)C(Sc1n[nH]c(C2CCCC2)n1)c1ccccc1. The Hall–Kier alpha value is -2.67. The van der Waals surface area contributed by atoms with Gasteiger partial charge in [-0.05, 0) is 42.7 Å². The largest absolute Gasteiger partial charge is 0.325 e. The van der Waals surface area contributed by atoms with Gasteiger partial charge < -0.3 is 5.32 Å². The Bertz CT molecular complexity index is 923. The molecule has 1 aliphatic carbocycles. The second-order valence-electron chi connectivity index (χ2n) is 6.89. The van der Waals surface area contributed by atoms with Crippen LogP contribution in [0, 0.1) is 5.82 Å². The number of anilines is 1. The smallest absolute Gasteiger partial charge is 0.242 e. The van der Waals surface area contributed by atoms with E-state index < -0.39 is 5.25 Å². The van der Waals surface area contributed by atoms with Gasteiger partial charge in [0.05, 0.1) is 0 Å². The minimum Gasteiger partial charge on any atom is -0.325 e. The first kappa shape index (κ1) is 18.7. The zero-order valence-corrected chi connectivity index (χ0v) is 16.1. The van der Waals surface area contributed by atoms with Gasteiger partial charge in [-0.2, -0.15) is 0 Å². The van der Waals surface area contributed by atoms with Crippen molar-refractivity contribution in [1.82, 2.24) is 15.2 Å². The second kappa shape index (κ2) is 8.56. The van der Waals surface area contributed by atoms with Gasteiger partial charge in [0.2, 0.25) is 11.1 Å². The van der Waals surface area contributed by atoms with Crippen LogP contribution in [0.2, 0.25) is 0 Å². The van der Waals surface area contributed by atoms with E-state index in [1.807, 2.05) is 30.3 Å². The Labute approximate surface area is 167 Å². The molecule has 7 heteroatoms. The maximum absolute atomic E-state index is 13.1. The van der Waals surface area contributed by atoms with Crippen LogP contribution < -0.4 is 5.32 Å². The number of halogens is 1. The lowest BCUT2D eigenvalue weighted by molar-refractivity contribution is -0.115. The summed E-state index contributed by atoms with van der Waals surface area (Å²) in [5.74, 6) is 0.804. The predicted molar refractivity (Wildman–Crippen MR) is 108 cm³/mol. The third-order valence-corrected chi connectivity index (χ3v) is 6.01. The summed E-state index contributed by atoms with van der Waals surface area (Å²) < 4.78 is 13.1. The van der Waals surface area contributed by atoms with Crippen LogP contribution in [0.5, 0.6) is 0 Å². The molecule has 1 aliphatic rings. The fourth-order valence-corrected chi connectivity index (χ4v) is 4.36. The van der Waals surface area contributed by atoms with Crippen molar-refractivity contribution >= 4 is 23.4 Å². The Morgan fingerprint density at radius 3 is 2.54 bits per heavy atom. The summed E-state index contributed by atoms with van der Waals surface area (Å²) in [5.41, 5.74) is 1.41. The van der Waals surface area contributed by atoms with Crippen molar-refractivity contribution < 1.29 is 9.18 Å². The number of thioether (sulfide) groups is 1. The highest BCUT2D eigenvalue weighted by atomic mass is 32.2. The predicted octanol–water partition coefficient (Wildman–Crippen LogP) is 5.07. The number of carbonyl (C=O) groups excluding carboxylic acids is 1. The molecule has 1 aromatic heterocycles. The number of amides is 1. The fourth-order valence-electron chi connectivity index (χ4n) is 3.44. The minimum atomic E-state index is -0.515. The standard InChI is InChI=1S/C21H21FN4OS/c22-16-10-12-17(13-11-16)23-20(27)18(14-6-2-1-3-7-14)28-21-24-19(25-26-21)15-8-4-5-9-15/h1-3,6-7,10-13,15,18H,4-5,8-9H2,(H,23,27)(H,24,25,26). The van der Waals surface area contributed by atoms with Crippen LogP contribution in [-0.4, -0.2) is 21.1 Å². The van der Waals surface area contributed by atoms with Crippen molar-refractivity contribution in [2.75, 3.05) is 5.32 Å². The first-order valence-corrected chi connectivity index (χ1v) is 10.3. The fraction of sp³-hybridized carbons (Fsp3) is 0.286. The molecule has 0 saturated heterocycles. The molecule has 1 unspecified atom stereocenters. The van der Waals surface area contributed by atoms with Crippen LogP contribution in [0.25, 0.3) is 0 Å². The number of nitrogens with one attached hydrogen (secondary N) is 2. The Kier molecular flexibility index (Phi) is 5.71. The Balaban J connectivity index is 1.53. The molecule has 0 radical (unpaired) electrons. The number of nitrogens with zero attached hydrogens (tertiary/aromatic N) is 2. The van der Waals surface area contributed by atoms with Crippen LogP contribution in [-0.2, 0) is 4.79 Å². The molecule has 3 aromatic rings. The Morgan fingerprint density at radius 2 is 1.82 bits per heavy atom. The normalized spacial score (nSPS) is 15.5. The van der Waals surface area contributed by atoms with Crippen molar-refractivity contribution in [1.29, 1.82) is 0 Å². The lowest BCUT2D eigenvalue weighted by Crippen LogP contribution is -2.19. The number of hydrogen-bond donors (Lipinski definition) is 2. The van der Waals surface area contributed by atoms with E-state index in [0.29, 0.717) is 16.8 Å². The highest BCUT2D eigenvalue weighted by molar-refractivity contribution is 8.00. The van der Waals surface area contributed by atoms with Gasteiger partial charge in [0.1, 0.15) is 16.9 Å². The van der Waals surface area contributed by atoms with Crippen molar-refractivity contribution in [2.24, 2.45) is 0 Å². The van der Waals surface area contributed by atoms with E-state index in [9.17, 15) is 9.18 Å². The van der Waals surface area contributed by atoms with Crippen molar-refractivity contribution in [3.63, 3.8) is 0 Å². The first-order valence-electron chi connectivity index (χ1n) is 9.39. The van der Waals surface area contributed by atoms with Gasteiger partial charge in [0.15, 0.2) is 0 Å². The minimum absolute atomic E-state index is 0.199. The zero-order chi connectivity index (χ0) is 19.3. The molecule has 0 bridgehead atoms. The molecule has 4 rings (SSSR count). The zero-order valence-electron chi connectivity index (χ0n) is 15.3. The molecule has 1 heterocycles. The van der Waals surface area contributed by atoms with Gasteiger partial charge in [0.25, 0.3) is 0 Å². The van der Waals surface area contributed by atoms with E-state index in [1.54, 1.807) is 12.1 Å². The van der Waals surface area contributed by atoms with E-state index in [-0.39, 0.29) is 11.7 Å².